The van der Waals surface area contributed by atoms with E-state index in [0.717, 1.165) is 17.1 Å². The minimum atomic E-state index is -0.225. The van der Waals surface area contributed by atoms with E-state index in [1.807, 2.05) is 72.8 Å². The molecular weight excluding hydrogens is 470 g/mol. The summed E-state index contributed by atoms with van der Waals surface area (Å²) < 4.78 is 7.72. The van der Waals surface area contributed by atoms with Crippen molar-refractivity contribution in [1.29, 1.82) is 0 Å². The number of nitrogens with one attached hydrogen (secondary N) is 2. The molecule has 2 aromatic heterocycles. The lowest BCUT2D eigenvalue weighted by Gasteiger charge is -2.28. The van der Waals surface area contributed by atoms with Gasteiger partial charge in [-0.25, -0.2) is 0 Å². The third-order valence-corrected chi connectivity index (χ3v) is 6.67. The van der Waals surface area contributed by atoms with Crippen LogP contribution in [0.25, 0.3) is 0 Å². The summed E-state index contributed by atoms with van der Waals surface area (Å²) in [4.78, 5) is 19.1. The van der Waals surface area contributed by atoms with E-state index in [0.29, 0.717) is 16.5 Å². The van der Waals surface area contributed by atoms with Crippen LogP contribution < -0.4 is 20.3 Å². The quantitative estimate of drug-likeness (QED) is 0.353. The second kappa shape index (κ2) is 10.2. The average molecular weight is 498 g/mol. The molecule has 4 aromatic rings. The van der Waals surface area contributed by atoms with Crippen molar-refractivity contribution >= 4 is 34.6 Å². The number of aryl methyl sites for hydroxylation is 1. The van der Waals surface area contributed by atoms with Crippen LogP contribution in [0.3, 0.4) is 0 Å². The number of pyridine rings is 1. The largest absolute Gasteiger partial charge is 0.484 e. The van der Waals surface area contributed by atoms with Gasteiger partial charge in [-0.05, 0) is 79.8 Å². The Hall–Kier alpha value is -4.17. The zero-order chi connectivity index (χ0) is 25.1. The molecule has 8 heteroatoms. The third kappa shape index (κ3) is 4.81. The Morgan fingerprint density at radius 3 is 2.44 bits per heavy atom. The normalized spacial score (nSPS) is 17.1. The van der Waals surface area contributed by atoms with Gasteiger partial charge in [0.1, 0.15) is 11.8 Å². The molecular formula is C28H27N5O2S. The number of anilines is 2. The highest BCUT2D eigenvalue weighted by Gasteiger charge is 2.41. The molecule has 2 N–H and O–H groups in total. The summed E-state index contributed by atoms with van der Waals surface area (Å²) in [6, 6.07) is 26.9. The topological polar surface area (TPSA) is 71.4 Å². The maximum absolute atomic E-state index is 12.4. The molecule has 1 saturated heterocycles. The standard InChI is InChI=1S/C28H27N5O2S/c1-19-11-16-24(32(19)2)27-26(23-10-6-7-17-29-23)31-28(36)33(27)21-14-12-20(13-15-21)30-25(34)18-35-22-8-4-3-5-9-22/h3-17,26-27H,18H2,1-2H3,(H,30,34)(H,31,36)/t26-,27-/m0/s1. The Bertz CT molecular complexity index is 1360. The maximum atomic E-state index is 12.4. The SMILES string of the molecule is Cc1ccc([C@H]2[C@H](c3ccccn3)NC(=S)N2c2ccc(NC(=O)COc3ccccc3)cc2)n1C. The molecule has 182 valence electrons. The molecule has 3 heterocycles. The lowest BCUT2D eigenvalue weighted by Crippen LogP contribution is -2.30. The van der Waals surface area contributed by atoms with Crippen LogP contribution in [-0.2, 0) is 11.8 Å². The zero-order valence-electron chi connectivity index (χ0n) is 20.1. The van der Waals surface area contributed by atoms with Crippen molar-refractivity contribution in [2.45, 2.75) is 19.0 Å². The molecule has 1 amide bonds. The number of carbonyl (C=O) groups excluding carboxylic acids is 1. The van der Waals surface area contributed by atoms with Gasteiger partial charge in [0.15, 0.2) is 11.7 Å². The summed E-state index contributed by atoms with van der Waals surface area (Å²) >= 11 is 5.80. The predicted octanol–water partition coefficient (Wildman–Crippen LogP) is 4.92. The Balaban J connectivity index is 1.36. The van der Waals surface area contributed by atoms with Crippen LogP contribution in [-0.4, -0.2) is 27.2 Å². The first-order chi connectivity index (χ1) is 17.5. The molecule has 1 fully saturated rings. The maximum Gasteiger partial charge on any atom is 0.262 e. The van der Waals surface area contributed by atoms with Crippen LogP contribution in [0.1, 0.15) is 29.2 Å². The van der Waals surface area contributed by atoms with Gasteiger partial charge >= 0.3 is 0 Å². The summed E-state index contributed by atoms with van der Waals surface area (Å²) in [6.07, 6.45) is 1.80. The summed E-state index contributed by atoms with van der Waals surface area (Å²) in [5.41, 5.74) is 4.83. The molecule has 0 aliphatic carbocycles. The van der Waals surface area contributed by atoms with Crippen molar-refractivity contribution in [2.24, 2.45) is 7.05 Å². The zero-order valence-corrected chi connectivity index (χ0v) is 20.9. The molecule has 2 aromatic carbocycles. The highest BCUT2D eigenvalue weighted by atomic mass is 32.1. The van der Waals surface area contributed by atoms with E-state index in [4.69, 9.17) is 17.0 Å². The van der Waals surface area contributed by atoms with E-state index in [-0.39, 0.29) is 24.6 Å². The Morgan fingerprint density at radius 1 is 1.03 bits per heavy atom. The van der Waals surface area contributed by atoms with Crippen molar-refractivity contribution in [3.63, 3.8) is 0 Å². The molecule has 0 unspecified atom stereocenters. The molecule has 0 saturated carbocycles. The van der Waals surface area contributed by atoms with Gasteiger partial charge in [-0.2, -0.15) is 0 Å². The van der Waals surface area contributed by atoms with Crippen LogP contribution >= 0.6 is 12.2 Å². The number of rotatable bonds is 7. The monoisotopic (exact) mass is 497 g/mol. The lowest BCUT2D eigenvalue weighted by molar-refractivity contribution is -0.118. The van der Waals surface area contributed by atoms with Crippen LogP contribution in [0.2, 0.25) is 0 Å². The van der Waals surface area contributed by atoms with Gasteiger partial charge < -0.3 is 24.8 Å². The van der Waals surface area contributed by atoms with E-state index in [1.165, 1.54) is 5.69 Å². The third-order valence-electron chi connectivity index (χ3n) is 6.36. The van der Waals surface area contributed by atoms with Gasteiger partial charge in [0.05, 0.1) is 11.7 Å². The number of thiocarbonyl (C=S) groups is 1. The molecule has 1 aliphatic heterocycles. The number of hydrogen-bond donors (Lipinski definition) is 2. The fourth-order valence-electron chi connectivity index (χ4n) is 4.43. The first-order valence-corrected chi connectivity index (χ1v) is 12.1. The van der Waals surface area contributed by atoms with Crippen LogP contribution in [0, 0.1) is 6.92 Å². The first kappa shape index (κ1) is 23.6. The molecule has 7 nitrogen and oxygen atoms in total. The van der Waals surface area contributed by atoms with E-state index in [1.54, 1.807) is 6.20 Å². The van der Waals surface area contributed by atoms with Crippen LogP contribution in [0.15, 0.2) is 91.1 Å². The predicted molar refractivity (Wildman–Crippen MR) is 145 cm³/mol. The molecule has 0 radical (unpaired) electrons. The number of ether oxygens (including phenoxy) is 1. The summed E-state index contributed by atoms with van der Waals surface area (Å²) in [6.45, 7) is 2.02. The first-order valence-electron chi connectivity index (χ1n) is 11.7. The van der Waals surface area contributed by atoms with Crippen molar-refractivity contribution in [3.8, 4) is 5.75 Å². The summed E-state index contributed by atoms with van der Waals surface area (Å²) in [5, 5.41) is 6.99. The minimum Gasteiger partial charge on any atom is -0.484 e. The molecule has 0 bridgehead atoms. The molecule has 36 heavy (non-hydrogen) atoms. The summed E-state index contributed by atoms with van der Waals surface area (Å²) in [5.74, 6) is 0.430. The van der Waals surface area contributed by atoms with Crippen molar-refractivity contribution in [3.05, 3.63) is 108 Å². The molecule has 1 aliphatic rings. The minimum absolute atomic E-state index is 0.0629. The second-order valence-corrected chi connectivity index (χ2v) is 9.04. The summed E-state index contributed by atoms with van der Waals surface area (Å²) in [7, 11) is 2.07. The van der Waals surface area contributed by atoms with Gasteiger partial charge in [-0.1, -0.05) is 24.3 Å². The van der Waals surface area contributed by atoms with E-state index < -0.39 is 0 Å². The van der Waals surface area contributed by atoms with Gasteiger partial charge in [0, 0.05) is 36.0 Å². The van der Waals surface area contributed by atoms with Gasteiger partial charge in [0.2, 0.25) is 0 Å². The average Bonchev–Trinajstić information content (AvgIpc) is 3.42. The fourth-order valence-corrected chi connectivity index (χ4v) is 4.78. The van der Waals surface area contributed by atoms with Gasteiger partial charge in [0.25, 0.3) is 5.91 Å². The van der Waals surface area contributed by atoms with Gasteiger partial charge in [-0.15, -0.1) is 0 Å². The van der Waals surface area contributed by atoms with Crippen LogP contribution in [0.4, 0.5) is 11.4 Å². The molecule has 5 rings (SSSR count). The second-order valence-electron chi connectivity index (χ2n) is 8.65. The number of carbonyl (C=O) groups is 1. The fraction of sp³-hybridized carbons (Fsp3) is 0.179. The Morgan fingerprint density at radius 2 is 1.78 bits per heavy atom. The highest BCUT2D eigenvalue weighted by Crippen LogP contribution is 2.41. The number of nitrogens with zero attached hydrogens (tertiary/aromatic N) is 3. The van der Waals surface area contributed by atoms with E-state index >= 15 is 0 Å². The lowest BCUT2D eigenvalue weighted by atomic mass is 10.0. The molecule has 2 atom stereocenters. The number of aromatic nitrogens is 2. The van der Waals surface area contributed by atoms with Crippen molar-refractivity contribution in [2.75, 3.05) is 16.8 Å². The number of benzene rings is 2. The van der Waals surface area contributed by atoms with Gasteiger partial charge in [-0.3, -0.25) is 9.78 Å². The Labute approximate surface area is 215 Å². The van der Waals surface area contributed by atoms with Crippen molar-refractivity contribution in [1.82, 2.24) is 14.9 Å². The number of hydrogen-bond acceptors (Lipinski definition) is 4. The van der Waals surface area contributed by atoms with E-state index in [9.17, 15) is 4.79 Å². The molecule has 0 spiro atoms. The highest BCUT2D eigenvalue weighted by molar-refractivity contribution is 7.80. The number of para-hydroxylation sites is 1. The van der Waals surface area contributed by atoms with E-state index in [2.05, 4.69) is 51.2 Å². The van der Waals surface area contributed by atoms with Crippen molar-refractivity contribution < 1.29 is 9.53 Å². The number of amides is 1. The van der Waals surface area contributed by atoms with Crippen LogP contribution in [0.5, 0.6) is 5.75 Å². The Kier molecular flexibility index (Phi) is 6.69. The smallest absolute Gasteiger partial charge is 0.262 e.